The molecule has 0 amide bonds. The Balaban J connectivity index is 4.38. The summed E-state index contributed by atoms with van der Waals surface area (Å²) < 4.78 is 13.6. The van der Waals surface area contributed by atoms with Crippen LogP contribution in [0.4, 0.5) is 0 Å². The Morgan fingerprint density at radius 3 is 2.10 bits per heavy atom. The number of hydrogen-bond acceptors (Lipinski definition) is 4. The predicted octanol–water partition coefficient (Wildman–Crippen LogP) is 3.72. The first kappa shape index (κ1) is 20.0. The Kier molecular flexibility index (Phi) is 11.7. The van der Waals surface area contributed by atoms with Crippen LogP contribution >= 0.6 is 8.30 Å². The van der Waals surface area contributed by atoms with Crippen LogP contribution in [0.1, 0.15) is 47.0 Å². The van der Waals surface area contributed by atoms with Crippen LogP contribution < -0.4 is 5.73 Å². The van der Waals surface area contributed by atoms with E-state index in [0.717, 1.165) is 37.8 Å². The summed E-state index contributed by atoms with van der Waals surface area (Å²) in [6.45, 7) is 15.0. The molecule has 20 heavy (non-hydrogen) atoms. The summed E-state index contributed by atoms with van der Waals surface area (Å²) in [4.78, 5) is 0. The Bertz CT molecular complexity index is 252. The average molecular weight is 304 g/mol. The molecule has 0 aromatic rings. The van der Waals surface area contributed by atoms with Crippen LogP contribution in [0.15, 0.2) is 11.9 Å². The molecular formula is C15H33N2O2P. The predicted molar refractivity (Wildman–Crippen MR) is 88.9 cm³/mol. The van der Waals surface area contributed by atoms with E-state index < -0.39 is 8.30 Å². The van der Waals surface area contributed by atoms with E-state index >= 15 is 0 Å². The van der Waals surface area contributed by atoms with Gasteiger partial charge in [-0.3, -0.25) is 4.67 Å². The van der Waals surface area contributed by atoms with Gasteiger partial charge >= 0.3 is 0 Å². The number of hydrogen-bond donors (Lipinski definition) is 1. The maximum atomic E-state index is 6.13. The monoisotopic (exact) mass is 304 g/mol. The van der Waals surface area contributed by atoms with Crippen LogP contribution in [-0.4, -0.2) is 43.6 Å². The van der Waals surface area contributed by atoms with Crippen molar-refractivity contribution in [3.63, 3.8) is 0 Å². The standard InChI is InChI=1S/C15H33N2O2P/c1-13(2)17(14(3)4)20(15(5)12-16)19-11-9-7-8-10-18-6/h13-14H,5,7-12,16H2,1-4,6H3. The average Bonchev–Trinajstić information content (AvgIpc) is 2.39. The summed E-state index contributed by atoms with van der Waals surface area (Å²) in [7, 11) is 0.934. The molecule has 0 aromatic carbocycles. The molecule has 0 spiro atoms. The fraction of sp³-hybridized carbons (Fsp3) is 0.867. The number of ether oxygens (including phenoxy) is 1. The van der Waals surface area contributed by atoms with Gasteiger partial charge in [0, 0.05) is 37.7 Å². The minimum absolute atomic E-state index is 0.429. The summed E-state index contributed by atoms with van der Waals surface area (Å²) in [5.74, 6) is 0. The van der Waals surface area contributed by atoms with Crippen molar-refractivity contribution in [2.24, 2.45) is 5.73 Å². The van der Waals surface area contributed by atoms with E-state index in [1.807, 2.05) is 0 Å². The Morgan fingerprint density at radius 1 is 1.10 bits per heavy atom. The van der Waals surface area contributed by atoms with Crippen LogP contribution in [0.3, 0.4) is 0 Å². The summed E-state index contributed by atoms with van der Waals surface area (Å²) in [5, 5.41) is 1.01. The minimum atomic E-state index is -0.806. The first-order chi connectivity index (χ1) is 9.45. The van der Waals surface area contributed by atoms with Gasteiger partial charge in [-0.1, -0.05) is 6.58 Å². The molecule has 0 bridgehead atoms. The number of nitrogens with two attached hydrogens (primary N) is 1. The lowest BCUT2D eigenvalue weighted by molar-refractivity contribution is 0.188. The smallest absolute Gasteiger partial charge is 0.134 e. The number of methoxy groups -OCH3 is 1. The first-order valence-electron chi connectivity index (χ1n) is 7.53. The second-order valence-corrected chi connectivity index (χ2v) is 7.40. The van der Waals surface area contributed by atoms with E-state index in [0.29, 0.717) is 18.6 Å². The van der Waals surface area contributed by atoms with Gasteiger partial charge < -0.3 is 15.0 Å². The molecule has 5 heteroatoms. The van der Waals surface area contributed by atoms with Crippen molar-refractivity contribution >= 4 is 8.30 Å². The maximum absolute atomic E-state index is 6.13. The van der Waals surface area contributed by atoms with E-state index in [-0.39, 0.29) is 0 Å². The fourth-order valence-corrected chi connectivity index (χ4v) is 4.03. The van der Waals surface area contributed by atoms with E-state index in [2.05, 4.69) is 38.9 Å². The molecule has 1 atom stereocenters. The molecule has 0 radical (unpaired) electrons. The quantitative estimate of drug-likeness (QED) is 0.441. The third kappa shape index (κ3) is 7.70. The van der Waals surface area contributed by atoms with Gasteiger partial charge in [-0.25, -0.2) is 0 Å². The molecule has 0 heterocycles. The van der Waals surface area contributed by atoms with Crippen LogP contribution in [-0.2, 0) is 9.26 Å². The van der Waals surface area contributed by atoms with Gasteiger partial charge in [0.05, 0.1) is 6.61 Å². The number of rotatable bonds is 12. The van der Waals surface area contributed by atoms with Crippen molar-refractivity contribution in [2.45, 2.75) is 59.0 Å². The van der Waals surface area contributed by atoms with Crippen molar-refractivity contribution in [3.8, 4) is 0 Å². The molecule has 0 aromatic heterocycles. The zero-order valence-corrected chi connectivity index (χ0v) is 14.8. The van der Waals surface area contributed by atoms with E-state index in [9.17, 15) is 0 Å². The second-order valence-electron chi connectivity index (χ2n) is 5.50. The molecule has 2 N–H and O–H groups in total. The van der Waals surface area contributed by atoms with Crippen molar-refractivity contribution in [2.75, 3.05) is 26.9 Å². The lowest BCUT2D eigenvalue weighted by Gasteiger charge is -2.37. The topological polar surface area (TPSA) is 47.7 Å². The van der Waals surface area contributed by atoms with Gasteiger partial charge in [0.2, 0.25) is 0 Å². The Hall–Kier alpha value is 0.0100. The van der Waals surface area contributed by atoms with Gasteiger partial charge in [-0.2, -0.15) is 0 Å². The van der Waals surface area contributed by atoms with Crippen LogP contribution in [0.2, 0.25) is 0 Å². The molecule has 0 saturated heterocycles. The zero-order chi connectivity index (χ0) is 15.5. The first-order valence-corrected chi connectivity index (χ1v) is 8.75. The van der Waals surface area contributed by atoms with Crippen molar-refractivity contribution in [1.82, 2.24) is 4.67 Å². The third-order valence-corrected chi connectivity index (χ3v) is 5.47. The minimum Gasteiger partial charge on any atom is -0.385 e. The molecule has 0 rings (SSSR count). The highest BCUT2D eigenvalue weighted by Gasteiger charge is 2.26. The highest BCUT2D eigenvalue weighted by Crippen LogP contribution is 2.50. The van der Waals surface area contributed by atoms with Gasteiger partial charge in [-0.05, 0) is 47.0 Å². The summed E-state index contributed by atoms with van der Waals surface area (Å²) in [5.41, 5.74) is 5.77. The van der Waals surface area contributed by atoms with E-state index in [4.69, 9.17) is 15.0 Å². The van der Waals surface area contributed by atoms with Crippen LogP contribution in [0, 0.1) is 0 Å². The molecular weight excluding hydrogens is 271 g/mol. The summed E-state index contributed by atoms with van der Waals surface area (Å²) >= 11 is 0. The van der Waals surface area contributed by atoms with Gasteiger partial charge in [0.25, 0.3) is 0 Å². The SMILES string of the molecule is C=C(CN)P(OCCCCCOC)N(C(C)C)C(C)C. The fourth-order valence-electron chi connectivity index (χ4n) is 2.09. The maximum Gasteiger partial charge on any atom is 0.134 e. The van der Waals surface area contributed by atoms with Crippen LogP contribution in [0.5, 0.6) is 0 Å². The normalized spacial score (nSPS) is 13.4. The van der Waals surface area contributed by atoms with Gasteiger partial charge in [-0.15, -0.1) is 0 Å². The van der Waals surface area contributed by atoms with Crippen molar-refractivity contribution in [1.29, 1.82) is 0 Å². The van der Waals surface area contributed by atoms with Crippen LogP contribution in [0.25, 0.3) is 0 Å². The molecule has 0 saturated carbocycles. The van der Waals surface area contributed by atoms with E-state index in [1.165, 1.54) is 0 Å². The second kappa shape index (κ2) is 11.6. The highest BCUT2D eigenvalue weighted by molar-refractivity contribution is 7.54. The lowest BCUT2D eigenvalue weighted by Crippen LogP contribution is -2.34. The Labute approximate surface area is 126 Å². The molecule has 0 aliphatic rings. The molecule has 0 fully saturated rings. The third-order valence-electron chi connectivity index (χ3n) is 2.98. The van der Waals surface area contributed by atoms with Crippen molar-refractivity contribution < 1.29 is 9.26 Å². The molecule has 1 unspecified atom stereocenters. The lowest BCUT2D eigenvalue weighted by atomic mass is 10.2. The number of unbranched alkanes of at least 4 members (excludes halogenated alkanes) is 2. The molecule has 0 aliphatic heterocycles. The van der Waals surface area contributed by atoms with E-state index in [1.54, 1.807) is 7.11 Å². The summed E-state index contributed by atoms with van der Waals surface area (Å²) in [6, 6.07) is 0.857. The molecule has 120 valence electrons. The van der Waals surface area contributed by atoms with Gasteiger partial charge in [0.15, 0.2) is 0 Å². The zero-order valence-electron chi connectivity index (χ0n) is 13.9. The molecule has 0 aliphatic carbocycles. The number of nitrogens with zero attached hydrogens (tertiary/aromatic N) is 1. The Morgan fingerprint density at radius 2 is 1.65 bits per heavy atom. The highest BCUT2D eigenvalue weighted by atomic mass is 31.2. The molecule has 4 nitrogen and oxygen atoms in total. The van der Waals surface area contributed by atoms with Crippen molar-refractivity contribution in [3.05, 3.63) is 11.9 Å². The summed E-state index contributed by atoms with van der Waals surface area (Å²) in [6.07, 6.45) is 3.28. The largest absolute Gasteiger partial charge is 0.385 e. The van der Waals surface area contributed by atoms with Gasteiger partial charge in [0.1, 0.15) is 8.30 Å².